The maximum absolute atomic E-state index is 13.3. The zero-order valence-electron chi connectivity index (χ0n) is 11.2. The minimum Gasteiger partial charge on any atom is -0.325 e. The molecule has 2 atom stereocenters. The van der Waals surface area contributed by atoms with E-state index in [4.69, 9.17) is 5.73 Å². The van der Waals surface area contributed by atoms with Crippen molar-refractivity contribution in [1.29, 1.82) is 0 Å². The monoisotopic (exact) mass is 272 g/mol. The Morgan fingerprint density at radius 3 is 2.85 bits per heavy atom. The summed E-state index contributed by atoms with van der Waals surface area (Å²) in [5.74, 6) is 6.44. The molecule has 1 aromatic carbocycles. The van der Waals surface area contributed by atoms with E-state index in [1.165, 1.54) is 18.6 Å². The third-order valence-electron chi connectivity index (χ3n) is 4.27. The molecule has 1 aromatic rings. The van der Waals surface area contributed by atoms with E-state index in [1.807, 2.05) is 0 Å². The Morgan fingerprint density at radius 2 is 2.15 bits per heavy atom. The topological polar surface area (TPSA) is 55.1 Å². The summed E-state index contributed by atoms with van der Waals surface area (Å²) in [4.78, 5) is 12.2. The van der Waals surface area contributed by atoms with E-state index in [0.29, 0.717) is 23.1 Å². The van der Waals surface area contributed by atoms with Crippen LogP contribution in [-0.4, -0.2) is 12.5 Å². The molecule has 0 aromatic heterocycles. The van der Waals surface area contributed by atoms with Crippen molar-refractivity contribution < 1.29 is 9.18 Å². The summed E-state index contributed by atoms with van der Waals surface area (Å²) < 4.78 is 13.3. The summed E-state index contributed by atoms with van der Waals surface area (Å²) in [7, 11) is 0. The third kappa shape index (κ3) is 2.41. The summed E-state index contributed by atoms with van der Waals surface area (Å²) >= 11 is 0. The summed E-state index contributed by atoms with van der Waals surface area (Å²) in [6, 6.07) is 4.22. The summed E-state index contributed by atoms with van der Waals surface area (Å²) in [6.07, 6.45) is 3.56. The molecule has 104 valence electrons. The van der Waals surface area contributed by atoms with Gasteiger partial charge in [0.2, 0.25) is 5.91 Å². The van der Waals surface area contributed by atoms with Crippen molar-refractivity contribution in [3.05, 3.63) is 29.6 Å². The van der Waals surface area contributed by atoms with Crippen LogP contribution in [0.15, 0.2) is 18.2 Å². The number of nitrogens with one attached hydrogen (secondary N) is 1. The van der Waals surface area contributed by atoms with Crippen LogP contribution in [0.4, 0.5) is 10.1 Å². The minimum absolute atomic E-state index is 0.0436. The van der Waals surface area contributed by atoms with Crippen molar-refractivity contribution in [2.45, 2.75) is 19.3 Å². The van der Waals surface area contributed by atoms with Crippen molar-refractivity contribution in [1.82, 2.24) is 0 Å². The molecule has 20 heavy (non-hydrogen) atoms. The first-order chi connectivity index (χ1) is 9.70. The summed E-state index contributed by atoms with van der Waals surface area (Å²) in [6.45, 7) is 0.205. The van der Waals surface area contributed by atoms with Gasteiger partial charge in [-0.15, -0.1) is 0 Å². The third-order valence-corrected chi connectivity index (χ3v) is 4.27. The van der Waals surface area contributed by atoms with Crippen LogP contribution in [0.5, 0.6) is 0 Å². The molecule has 2 aliphatic carbocycles. The van der Waals surface area contributed by atoms with Gasteiger partial charge in [0, 0.05) is 5.92 Å². The van der Waals surface area contributed by atoms with Crippen molar-refractivity contribution in [2.75, 3.05) is 11.9 Å². The van der Waals surface area contributed by atoms with E-state index in [-0.39, 0.29) is 24.2 Å². The van der Waals surface area contributed by atoms with E-state index >= 15 is 0 Å². The number of rotatable bonds is 2. The molecule has 0 aliphatic heterocycles. The fraction of sp³-hybridized carbons (Fsp3) is 0.438. The molecular formula is C16H17FN2O. The number of anilines is 1. The quantitative estimate of drug-likeness (QED) is 0.810. The molecule has 0 spiro atoms. The average molecular weight is 272 g/mol. The lowest BCUT2D eigenvalue weighted by atomic mass is 10.1. The molecule has 0 saturated heterocycles. The predicted molar refractivity (Wildman–Crippen MR) is 75.3 cm³/mol. The first-order valence-corrected chi connectivity index (χ1v) is 7.00. The second-order valence-corrected chi connectivity index (χ2v) is 5.47. The number of benzene rings is 1. The van der Waals surface area contributed by atoms with E-state index < -0.39 is 0 Å². The standard InChI is InChI=1S/C16H17FN2O/c17-11-6-7-14(10(9-11)3-2-8-18)19-16(20)15-12-4-1-5-13(12)15/h6-7,9,12-13,15H,1,4-5,8,18H2,(H,19,20). The maximum atomic E-state index is 13.3. The lowest BCUT2D eigenvalue weighted by Crippen LogP contribution is -2.17. The Morgan fingerprint density at radius 1 is 1.40 bits per heavy atom. The van der Waals surface area contributed by atoms with Crippen LogP contribution in [-0.2, 0) is 4.79 Å². The van der Waals surface area contributed by atoms with E-state index in [0.717, 1.165) is 12.8 Å². The van der Waals surface area contributed by atoms with Crippen LogP contribution < -0.4 is 11.1 Å². The molecule has 2 saturated carbocycles. The molecule has 2 aliphatic rings. The molecule has 3 N–H and O–H groups in total. The van der Waals surface area contributed by atoms with E-state index in [2.05, 4.69) is 17.2 Å². The average Bonchev–Trinajstić information content (AvgIpc) is 2.92. The van der Waals surface area contributed by atoms with Gasteiger partial charge in [0.25, 0.3) is 0 Å². The minimum atomic E-state index is -0.368. The zero-order valence-corrected chi connectivity index (χ0v) is 11.2. The number of fused-ring (bicyclic) bond motifs is 1. The molecule has 2 unspecified atom stereocenters. The number of nitrogens with two attached hydrogens (primary N) is 1. The van der Waals surface area contributed by atoms with Crippen molar-refractivity contribution in [3.63, 3.8) is 0 Å². The van der Waals surface area contributed by atoms with Crippen molar-refractivity contribution >= 4 is 11.6 Å². The highest BCUT2D eigenvalue weighted by Gasteiger charge is 2.56. The Hall–Kier alpha value is -1.86. The highest BCUT2D eigenvalue weighted by atomic mass is 19.1. The van der Waals surface area contributed by atoms with Crippen LogP contribution in [0.2, 0.25) is 0 Å². The number of amides is 1. The van der Waals surface area contributed by atoms with Gasteiger partial charge in [-0.05, 0) is 42.9 Å². The Kier molecular flexibility index (Phi) is 3.45. The number of carbonyl (C=O) groups is 1. The maximum Gasteiger partial charge on any atom is 0.228 e. The molecule has 1 amide bonds. The smallest absolute Gasteiger partial charge is 0.228 e. The number of hydrogen-bond acceptors (Lipinski definition) is 2. The van der Waals surface area contributed by atoms with Gasteiger partial charge in [-0.25, -0.2) is 4.39 Å². The van der Waals surface area contributed by atoms with Gasteiger partial charge in [0.15, 0.2) is 0 Å². The number of carbonyl (C=O) groups excluding carboxylic acids is 1. The fourth-order valence-electron chi connectivity index (χ4n) is 3.30. The molecule has 0 radical (unpaired) electrons. The Balaban J connectivity index is 1.75. The summed E-state index contributed by atoms with van der Waals surface area (Å²) in [5, 5.41) is 2.89. The molecule has 3 rings (SSSR count). The number of hydrogen-bond donors (Lipinski definition) is 2. The first-order valence-electron chi connectivity index (χ1n) is 7.00. The van der Waals surface area contributed by atoms with Gasteiger partial charge >= 0.3 is 0 Å². The first kappa shape index (κ1) is 13.1. The summed E-state index contributed by atoms with van der Waals surface area (Å²) in [5.41, 5.74) is 6.38. The van der Waals surface area contributed by atoms with Crippen molar-refractivity contribution in [3.8, 4) is 11.8 Å². The second-order valence-electron chi connectivity index (χ2n) is 5.47. The van der Waals surface area contributed by atoms with Gasteiger partial charge < -0.3 is 11.1 Å². The van der Waals surface area contributed by atoms with E-state index in [1.54, 1.807) is 6.07 Å². The van der Waals surface area contributed by atoms with Crippen molar-refractivity contribution in [2.24, 2.45) is 23.5 Å². The van der Waals surface area contributed by atoms with Crippen LogP contribution in [0.25, 0.3) is 0 Å². The van der Waals surface area contributed by atoms with Gasteiger partial charge in [0.05, 0.1) is 17.8 Å². The Bertz CT molecular complexity index is 592. The van der Waals surface area contributed by atoms with E-state index in [9.17, 15) is 9.18 Å². The highest BCUT2D eigenvalue weighted by Crippen LogP contribution is 2.57. The van der Waals surface area contributed by atoms with Gasteiger partial charge in [-0.1, -0.05) is 18.3 Å². The highest BCUT2D eigenvalue weighted by molar-refractivity contribution is 5.96. The second kappa shape index (κ2) is 5.26. The lowest BCUT2D eigenvalue weighted by Gasteiger charge is -2.09. The zero-order chi connectivity index (χ0) is 14.1. The molecule has 3 nitrogen and oxygen atoms in total. The SMILES string of the molecule is NCC#Cc1cc(F)ccc1NC(=O)C1C2CCCC21. The Labute approximate surface area is 117 Å². The predicted octanol–water partition coefficient (Wildman–Crippen LogP) is 2.12. The molecule has 0 heterocycles. The lowest BCUT2D eigenvalue weighted by molar-refractivity contribution is -0.118. The molecule has 2 fully saturated rings. The fourth-order valence-corrected chi connectivity index (χ4v) is 3.30. The normalized spacial score (nSPS) is 26.4. The molecule has 0 bridgehead atoms. The van der Waals surface area contributed by atoms with Gasteiger partial charge in [0.1, 0.15) is 5.82 Å². The van der Waals surface area contributed by atoms with Crippen LogP contribution >= 0.6 is 0 Å². The van der Waals surface area contributed by atoms with Crippen LogP contribution in [0.1, 0.15) is 24.8 Å². The molecule has 4 heteroatoms. The van der Waals surface area contributed by atoms with Crippen LogP contribution in [0, 0.1) is 35.4 Å². The van der Waals surface area contributed by atoms with Gasteiger partial charge in [-0.3, -0.25) is 4.79 Å². The number of halogens is 1. The van der Waals surface area contributed by atoms with Gasteiger partial charge in [-0.2, -0.15) is 0 Å². The molecular weight excluding hydrogens is 255 g/mol. The largest absolute Gasteiger partial charge is 0.325 e. The van der Waals surface area contributed by atoms with Crippen LogP contribution in [0.3, 0.4) is 0 Å².